The predicted octanol–water partition coefficient (Wildman–Crippen LogP) is -0.324. The molecule has 0 aliphatic carbocycles. The van der Waals surface area contributed by atoms with Crippen molar-refractivity contribution in [1.82, 2.24) is 0 Å². The molecule has 7 heavy (non-hydrogen) atoms. The molecule has 0 bridgehead atoms. The van der Waals surface area contributed by atoms with E-state index in [4.69, 9.17) is 5.26 Å². The third-order valence-corrected chi connectivity index (χ3v) is 0. The van der Waals surface area contributed by atoms with Gasteiger partial charge in [-0.05, 0) is 0 Å². The van der Waals surface area contributed by atoms with Gasteiger partial charge in [0.15, 0.2) is 0 Å². The van der Waals surface area contributed by atoms with E-state index in [9.17, 15) is 0 Å². The molecule has 0 unspecified atom stereocenters. The molecule has 0 atom stereocenters. The molecule has 6 heteroatoms. The van der Waals surface area contributed by atoms with Crippen molar-refractivity contribution in [2.45, 2.75) is 0 Å². The Morgan fingerprint density at radius 2 is 1.29 bits per heavy atom. The van der Waals surface area contributed by atoms with Crippen LogP contribution in [0.4, 0.5) is 0 Å². The Morgan fingerprint density at radius 3 is 1.29 bits per heavy atom. The molecular formula is CH6CaCl2LiNS. The fourth-order valence-corrected chi connectivity index (χ4v) is 0. The van der Waals surface area contributed by atoms with Gasteiger partial charge in [0.05, 0.1) is 0 Å². The van der Waals surface area contributed by atoms with E-state index < -0.39 is 0 Å². The summed E-state index contributed by atoms with van der Waals surface area (Å²) in [6, 6.07) is 0. The minimum absolute atomic E-state index is 0. The van der Waals surface area contributed by atoms with Crippen LogP contribution < -0.4 is 0 Å². The first-order valence-corrected chi connectivity index (χ1v) is 0.894. The Labute approximate surface area is 103 Å². The summed E-state index contributed by atoms with van der Waals surface area (Å²) in [7, 11) is 0. The second-order valence-electron chi connectivity index (χ2n) is 0.100. The summed E-state index contributed by atoms with van der Waals surface area (Å²) in [5.74, 6) is 0. The van der Waals surface area contributed by atoms with Crippen LogP contribution in [0.1, 0.15) is 0 Å². The molecule has 0 aromatic rings. The van der Waals surface area contributed by atoms with Crippen molar-refractivity contribution in [1.29, 1.82) is 5.26 Å². The fourth-order valence-electron chi connectivity index (χ4n) is 0. The third-order valence-electron chi connectivity index (χ3n) is 0. The van der Waals surface area contributed by atoms with Crippen molar-refractivity contribution >= 4 is 94.0 Å². The summed E-state index contributed by atoms with van der Waals surface area (Å²) in [6.45, 7) is 0. The average Bonchev–Trinajstić information content (AvgIpc) is 0.918. The first-order valence-electron chi connectivity index (χ1n) is 0.447. The van der Waals surface area contributed by atoms with Gasteiger partial charge >= 0.3 is 56.6 Å². The molecule has 0 rings (SSSR count). The monoisotopic (exact) mass is 181 g/mol. The van der Waals surface area contributed by atoms with Crippen LogP contribution in [0.15, 0.2) is 0 Å². The van der Waals surface area contributed by atoms with E-state index in [0.29, 0.717) is 0 Å². The molecule has 0 aromatic carbocycles. The molecule has 0 saturated heterocycles. The Morgan fingerprint density at radius 1 is 1.29 bits per heavy atom. The van der Waals surface area contributed by atoms with E-state index in [1.165, 1.54) is 5.40 Å². The molecule has 0 spiro atoms. The van der Waals surface area contributed by atoms with Gasteiger partial charge in [-0.2, -0.15) is 5.26 Å². The quantitative estimate of drug-likeness (QED) is 0.309. The number of nitrogens with zero attached hydrogens (tertiary/aromatic N) is 1. The Balaban J connectivity index is -0.00000000333. The molecule has 0 fully saturated rings. The van der Waals surface area contributed by atoms with Crippen LogP contribution in [0.25, 0.3) is 0 Å². The Hall–Kier alpha value is 2.28. The van der Waals surface area contributed by atoms with E-state index >= 15 is 0 Å². The zero-order valence-corrected chi connectivity index (χ0v) is 4.74. The van der Waals surface area contributed by atoms with Gasteiger partial charge in [-0.25, -0.2) is 0 Å². The fraction of sp³-hybridized carbons (Fsp3) is 0. The number of halogens is 2. The molecule has 0 radical (unpaired) electrons. The summed E-state index contributed by atoms with van der Waals surface area (Å²) < 4.78 is 0. The zero-order chi connectivity index (χ0) is 2.71. The van der Waals surface area contributed by atoms with Crippen LogP contribution in [0.3, 0.4) is 0 Å². The van der Waals surface area contributed by atoms with Gasteiger partial charge in [0.25, 0.3) is 0 Å². The van der Waals surface area contributed by atoms with E-state index in [1.54, 1.807) is 0 Å². The van der Waals surface area contributed by atoms with Gasteiger partial charge in [0.2, 0.25) is 0 Å². The maximum absolute atomic E-state index is 7.18. The van der Waals surface area contributed by atoms with Crippen molar-refractivity contribution in [2.75, 3.05) is 0 Å². The molecule has 0 amide bonds. The molecule has 0 aromatic heterocycles. The molecule has 0 N–H and O–H groups in total. The van der Waals surface area contributed by atoms with Crippen molar-refractivity contribution < 1.29 is 0 Å². The molecule has 0 heterocycles. The van der Waals surface area contributed by atoms with Crippen LogP contribution in [0, 0.1) is 10.7 Å². The van der Waals surface area contributed by atoms with Crippen LogP contribution in [-0.4, -0.2) is 56.6 Å². The summed E-state index contributed by atoms with van der Waals surface area (Å²) >= 11 is 3.09. The van der Waals surface area contributed by atoms with Gasteiger partial charge in [0.1, 0.15) is 5.40 Å². The summed E-state index contributed by atoms with van der Waals surface area (Å²) in [4.78, 5) is 0. The first kappa shape index (κ1) is 34.7. The van der Waals surface area contributed by atoms with E-state index in [2.05, 4.69) is 12.6 Å². The first-order chi connectivity index (χ1) is 1.41. The molecule has 0 saturated carbocycles. The van der Waals surface area contributed by atoms with E-state index in [-0.39, 0.29) is 81.4 Å². The predicted molar refractivity (Wildman–Crippen MR) is 44.8 cm³/mol. The molecule has 0 aliphatic rings. The van der Waals surface area contributed by atoms with Gasteiger partial charge in [-0.3, -0.25) is 0 Å². The third kappa shape index (κ3) is 62.9. The van der Waals surface area contributed by atoms with E-state index in [0.717, 1.165) is 0 Å². The van der Waals surface area contributed by atoms with Crippen LogP contribution in [0.5, 0.6) is 0 Å². The minimum atomic E-state index is 0. The van der Waals surface area contributed by atoms with Gasteiger partial charge in [-0.15, -0.1) is 24.8 Å². The molecule has 38 valence electrons. The van der Waals surface area contributed by atoms with Crippen molar-refractivity contribution in [3.05, 3.63) is 0 Å². The number of nitriles is 1. The Kier molecular flexibility index (Phi) is 203. The number of rotatable bonds is 0. The molecule has 0 aliphatic heterocycles. The number of thiol groups is 1. The number of hydrogen-bond acceptors (Lipinski definition) is 2. The van der Waals surface area contributed by atoms with Crippen molar-refractivity contribution in [3.8, 4) is 5.40 Å². The van der Waals surface area contributed by atoms with Crippen LogP contribution in [-0.2, 0) is 0 Å². The maximum atomic E-state index is 7.18. The molecule has 1 nitrogen and oxygen atoms in total. The Bertz CT molecular complexity index is 39.2. The van der Waals surface area contributed by atoms with Gasteiger partial charge in [0, 0.05) is 0 Å². The van der Waals surface area contributed by atoms with Gasteiger partial charge in [-0.1, -0.05) is 12.6 Å². The van der Waals surface area contributed by atoms with E-state index in [1.807, 2.05) is 0 Å². The summed E-state index contributed by atoms with van der Waals surface area (Å²) in [5.41, 5.74) is 0. The number of thiocyanates is 1. The SMILES string of the molecule is Cl.Cl.N#CS.[CaH2].[LiH]. The average molecular weight is 182 g/mol. The van der Waals surface area contributed by atoms with Gasteiger partial charge < -0.3 is 0 Å². The van der Waals surface area contributed by atoms with Crippen molar-refractivity contribution in [2.24, 2.45) is 0 Å². The summed E-state index contributed by atoms with van der Waals surface area (Å²) in [5, 5.41) is 8.63. The zero-order valence-electron chi connectivity index (χ0n) is 2.21. The molecular weight excluding hydrogens is 176 g/mol. The standard InChI is InChI=1S/CHNS.Ca.2ClH.Li.3H/c2-1-3;;;;;;;/h3H;;2*1H;;;;. The number of hydrogen-bond donors (Lipinski definition) is 1. The summed E-state index contributed by atoms with van der Waals surface area (Å²) in [6.07, 6.45) is 0. The van der Waals surface area contributed by atoms with Crippen LogP contribution >= 0.6 is 37.4 Å². The second-order valence-corrected chi connectivity index (χ2v) is 0.300. The van der Waals surface area contributed by atoms with Crippen molar-refractivity contribution in [3.63, 3.8) is 0 Å². The second kappa shape index (κ2) is 40.8. The topological polar surface area (TPSA) is 23.8 Å². The van der Waals surface area contributed by atoms with Crippen LogP contribution in [0.2, 0.25) is 0 Å². The normalized spacial score (nSPS) is 1.14.